The van der Waals surface area contributed by atoms with Crippen LogP contribution in [0.4, 0.5) is 0 Å². The number of hydrogen-bond donors (Lipinski definition) is 2. The van der Waals surface area contributed by atoms with Gasteiger partial charge in [0.15, 0.2) is 0 Å². The fraction of sp³-hybridized carbons (Fsp3) is 0.588. The Kier molecular flexibility index (Phi) is 6.36. The first kappa shape index (κ1) is 16.9. The van der Waals surface area contributed by atoms with E-state index in [0.29, 0.717) is 39.3 Å². The van der Waals surface area contributed by atoms with Gasteiger partial charge in [-0.15, -0.1) is 0 Å². The third kappa shape index (κ3) is 4.80. The molecule has 22 heavy (non-hydrogen) atoms. The highest BCUT2D eigenvalue weighted by Crippen LogP contribution is 2.16. The van der Waals surface area contributed by atoms with Crippen LogP contribution in [0.15, 0.2) is 24.3 Å². The fourth-order valence-electron chi connectivity index (χ4n) is 2.66. The van der Waals surface area contributed by atoms with Crippen LogP contribution >= 0.6 is 0 Å². The lowest BCUT2D eigenvalue weighted by Gasteiger charge is -2.28. The van der Waals surface area contributed by atoms with Crippen molar-refractivity contribution in [3.05, 3.63) is 35.4 Å². The van der Waals surface area contributed by atoms with Gasteiger partial charge in [-0.05, 0) is 25.0 Å². The Hall–Kier alpha value is -1.43. The van der Waals surface area contributed by atoms with Gasteiger partial charge < -0.3 is 20.1 Å². The number of ether oxygens (including phenoxy) is 1. The lowest BCUT2D eigenvalue weighted by atomic mass is 10.0. The Morgan fingerprint density at radius 2 is 2.05 bits per heavy atom. The monoisotopic (exact) mass is 306 g/mol. The summed E-state index contributed by atoms with van der Waals surface area (Å²) in [5, 5.41) is 13.5. The molecule has 122 valence electrons. The molecule has 2 rings (SSSR count). The molecule has 1 fully saturated rings. The summed E-state index contributed by atoms with van der Waals surface area (Å²) in [7, 11) is 0. The molecule has 1 saturated heterocycles. The zero-order valence-corrected chi connectivity index (χ0v) is 13.4. The lowest BCUT2D eigenvalue weighted by Crippen LogP contribution is -2.43. The summed E-state index contributed by atoms with van der Waals surface area (Å²) in [5.74, 6) is 0.147. The molecular formula is C17H26N2O3. The van der Waals surface area contributed by atoms with E-state index in [1.165, 1.54) is 0 Å². The van der Waals surface area contributed by atoms with E-state index >= 15 is 0 Å². The maximum absolute atomic E-state index is 12.1. The van der Waals surface area contributed by atoms with Gasteiger partial charge in [0, 0.05) is 32.1 Å². The van der Waals surface area contributed by atoms with E-state index in [1.54, 1.807) is 0 Å². The van der Waals surface area contributed by atoms with Crippen LogP contribution in [0.2, 0.25) is 0 Å². The molecule has 0 radical (unpaired) electrons. The van der Waals surface area contributed by atoms with Crippen LogP contribution in [0, 0.1) is 6.92 Å². The van der Waals surface area contributed by atoms with Gasteiger partial charge in [-0.3, -0.25) is 4.79 Å². The van der Waals surface area contributed by atoms with Crippen LogP contribution in [0.5, 0.6) is 0 Å². The van der Waals surface area contributed by atoms with Gasteiger partial charge in [-0.1, -0.05) is 24.3 Å². The summed E-state index contributed by atoms with van der Waals surface area (Å²) in [6, 6.07) is 7.85. The molecule has 5 nitrogen and oxygen atoms in total. The van der Waals surface area contributed by atoms with Crippen molar-refractivity contribution in [2.75, 3.05) is 32.8 Å². The molecule has 0 bridgehead atoms. The summed E-state index contributed by atoms with van der Waals surface area (Å²) in [4.78, 5) is 14.0. The van der Waals surface area contributed by atoms with E-state index < -0.39 is 6.10 Å². The highest BCUT2D eigenvalue weighted by atomic mass is 16.5. The van der Waals surface area contributed by atoms with Crippen LogP contribution < -0.4 is 5.32 Å². The summed E-state index contributed by atoms with van der Waals surface area (Å²) in [6.45, 7) is 7.02. The second kappa shape index (κ2) is 8.27. The van der Waals surface area contributed by atoms with Crippen molar-refractivity contribution in [1.29, 1.82) is 0 Å². The first-order valence-corrected chi connectivity index (χ1v) is 7.90. The first-order valence-electron chi connectivity index (χ1n) is 7.90. The number of aliphatic hydroxyl groups excluding tert-OH is 1. The number of amides is 1. The Balaban J connectivity index is 1.76. The standard InChI is InChI=1S/C17H26N2O3/c1-13-5-3-4-6-15(13)16(20)12-18-14(2)11-17(21)19-7-9-22-10-8-19/h3-6,14,16,18,20H,7-12H2,1-2H3. The molecule has 1 aromatic rings. The molecule has 0 aromatic heterocycles. The second-order valence-corrected chi connectivity index (χ2v) is 5.88. The number of morpholine rings is 1. The van der Waals surface area contributed by atoms with Gasteiger partial charge in [0.25, 0.3) is 0 Å². The predicted molar refractivity (Wildman–Crippen MR) is 85.6 cm³/mol. The van der Waals surface area contributed by atoms with Gasteiger partial charge in [-0.2, -0.15) is 0 Å². The molecule has 0 saturated carbocycles. The van der Waals surface area contributed by atoms with Crippen LogP contribution in [0.25, 0.3) is 0 Å². The summed E-state index contributed by atoms with van der Waals surface area (Å²) >= 11 is 0. The minimum atomic E-state index is -0.554. The Morgan fingerprint density at radius 3 is 2.73 bits per heavy atom. The van der Waals surface area contributed by atoms with E-state index in [4.69, 9.17) is 4.74 Å². The number of aryl methyl sites for hydroxylation is 1. The number of nitrogens with zero attached hydrogens (tertiary/aromatic N) is 1. The summed E-state index contributed by atoms with van der Waals surface area (Å²) < 4.78 is 5.25. The van der Waals surface area contributed by atoms with Crippen molar-refractivity contribution in [2.45, 2.75) is 32.4 Å². The van der Waals surface area contributed by atoms with Crippen molar-refractivity contribution in [1.82, 2.24) is 10.2 Å². The summed E-state index contributed by atoms with van der Waals surface area (Å²) in [5.41, 5.74) is 2.01. The number of carbonyl (C=O) groups excluding carboxylic acids is 1. The number of rotatable bonds is 6. The minimum absolute atomic E-state index is 0.0361. The maximum Gasteiger partial charge on any atom is 0.224 e. The third-order valence-electron chi connectivity index (χ3n) is 4.05. The van der Waals surface area contributed by atoms with E-state index in [-0.39, 0.29) is 11.9 Å². The summed E-state index contributed by atoms with van der Waals surface area (Å²) in [6.07, 6.45) is -0.109. The Morgan fingerprint density at radius 1 is 1.36 bits per heavy atom. The molecule has 2 unspecified atom stereocenters. The van der Waals surface area contributed by atoms with Crippen molar-refractivity contribution in [3.8, 4) is 0 Å². The molecule has 0 spiro atoms. The van der Waals surface area contributed by atoms with Gasteiger partial charge in [0.05, 0.1) is 19.3 Å². The quantitative estimate of drug-likeness (QED) is 0.830. The predicted octanol–water partition coefficient (Wildman–Crippen LogP) is 1.26. The molecule has 5 heteroatoms. The lowest BCUT2D eigenvalue weighted by molar-refractivity contribution is -0.135. The molecule has 0 aliphatic carbocycles. The normalized spacial score (nSPS) is 18.0. The van der Waals surface area contributed by atoms with Gasteiger partial charge in [0.1, 0.15) is 0 Å². The van der Waals surface area contributed by atoms with E-state index in [0.717, 1.165) is 11.1 Å². The SMILES string of the molecule is Cc1ccccc1C(O)CNC(C)CC(=O)N1CCOCC1. The number of benzene rings is 1. The van der Waals surface area contributed by atoms with Gasteiger partial charge in [-0.25, -0.2) is 0 Å². The number of nitrogens with one attached hydrogen (secondary N) is 1. The Bertz CT molecular complexity index is 487. The topological polar surface area (TPSA) is 61.8 Å². The van der Waals surface area contributed by atoms with E-state index in [2.05, 4.69) is 5.32 Å². The number of hydrogen-bond acceptors (Lipinski definition) is 4. The first-order chi connectivity index (χ1) is 10.6. The average Bonchev–Trinajstić information content (AvgIpc) is 2.54. The molecule has 2 N–H and O–H groups in total. The largest absolute Gasteiger partial charge is 0.387 e. The van der Waals surface area contributed by atoms with Crippen molar-refractivity contribution >= 4 is 5.91 Å². The van der Waals surface area contributed by atoms with Crippen LogP contribution in [0.3, 0.4) is 0 Å². The zero-order chi connectivity index (χ0) is 15.9. The van der Waals surface area contributed by atoms with E-state index in [1.807, 2.05) is 43.0 Å². The van der Waals surface area contributed by atoms with E-state index in [9.17, 15) is 9.90 Å². The molecule has 1 aliphatic rings. The van der Waals surface area contributed by atoms with Crippen LogP contribution in [-0.2, 0) is 9.53 Å². The molecule has 1 aromatic carbocycles. The maximum atomic E-state index is 12.1. The van der Waals surface area contributed by atoms with Crippen molar-refractivity contribution in [3.63, 3.8) is 0 Å². The minimum Gasteiger partial charge on any atom is -0.387 e. The zero-order valence-electron chi connectivity index (χ0n) is 13.4. The van der Waals surface area contributed by atoms with Gasteiger partial charge in [0.2, 0.25) is 5.91 Å². The van der Waals surface area contributed by atoms with Crippen molar-refractivity contribution in [2.24, 2.45) is 0 Å². The number of carbonyl (C=O) groups is 1. The van der Waals surface area contributed by atoms with Crippen LogP contribution in [-0.4, -0.2) is 54.8 Å². The highest BCUT2D eigenvalue weighted by Gasteiger charge is 2.19. The number of aliphatic hydroxyl groups is 1. The highest BCUT2D eigenvalue weighted by molar-refractivity contribution is 5.76. The molecular weight excluding hydrogens is 280 g/mol. The molecule has 1 aliphatic heterocycles. The molecule has 1 heterocycles. The molecule has 1 amide bonds. The fourth-order valence-corrected chi connectivity index (χ4v) is 2.66. The molecule has 2 atom stereocenters. The van der Waals surface area contributed by atoms with Gasteiger partial charge >= 0.3 is 0 Å². The van der Waals surface area contributed by atoms with Crippen molar-refractivity contribution < 1.29 is 14.6 Å². The third-order valence-corrected chi connectivity index (χ3v) is 4.05. The van der Waals surface area contributed by atoms with Crippen LogP contribution in [0.1, 0.15) is 30.6 Å². The smallest absolute Gasteiger partial charge is 0.224 e. The average molecular weight is 306 g/mol. The second-order valence-electron chi connectivity index (χ2n) is 5.88. The Labute approximate surface area is 132 Å².